The fraction of sp³-hybridized carbons (Fsp3) is 0.269. The van der Waals surface area contributed by atoms with Crippen LogP contribution in [-0.2, 0) is 16.0 Å². The number of nitrogens with one attached hydrogen (secondary N) is 1. The van der Waals surface area contributed by atoms with Crippen molar-refractivity contribution < 1.29 is 28.5 Å². The zero-order valence-electron chi connectivity index (χ0n) is 38.3. The number of unbranched alkanes of at least 4 members (excludes halogenated alkanes) is 4. The van der Waals surface area contributed by atoms with Crippen LogP contribution in [0.15, 0.2) is 121 Å². The van der Waals surface area contributed by atoms with Crippen molar-refractivity contribution in [3.05, 3.63) is 144 Å². The van der Waals surface area contributed by atoms with E-state index in [0.29, 0.717) is 47.6 Å². The molecule has 4 heterocycles. The summed E-state index contributed by atoms with van der Waals surface area (Å²) in [6.07, 6.45) is 6.18. The molecule has 0 aliphatic heterocycles. The van der Waals surface area contributed by atoms with Crippen molar-refractivity contribution in [1.82, 2.24) is 29.5 Å². The van der Waals surface area contributed by atoms with Crippen LogP contribution in [0.25, 0.3) is 44.6 Å². The van der Waals surface area contributed by atoms with E-state index in [4.69, 9.17) is 30.4 Å². The molecule has 0 saturated carbocycles. The van der Waals surface area contributed by atoms with Crippen LogP contribution in [0.1, 0.15) is 70.6 Å². The summed E-state index contributed by atoms with van der Waals surface area (Å²) in [6.45, 7) is 5.80. The highest BCUT2D eigenvalue weighted by Gasteiger charge is 2.15. The van der Waals surface area contributed by atoms with E-state index in [9.17, 15) is 9.59 Å². The second kappa shape index (κ2) is 24.9. The van der Waals surface area contributed by atoms with Crippen molar-refractivity contribution in [1.29, 1.82) is 0 Å². The fourth-order valence-corrected chi connectivity index (χ4v) is 7.68. The maximum atomic E-state index is 12.0. The van der Waals surface area contributed by atoms with E-state index in [2.05, 4.69) is 45.4 Å². The third-order valence-electron chi connectivity index (χ3n) is 10.5. The SMILES string of the molecule is COC(=O)c1cc(C)nc(-c2ccccc2OCCCCCBr)c1.COC(=O)c1cc(C)nc(-c2ccccc2OCCCCCn2c(N)nc3ccccc32)c1.Nc1nc2ccccc2[nH]1. The van der Waals surface area contributed by atoms with Crippen LogP contribution < -0.4 is 20.9 Å². The van der Waals surface area contributed by atoms with Crippen LogP contribution in [0.5, 0.6) is 11.5 Å². The molecule has 5 N–H and O–H groups in total. The minimum Gasteiger partial charge on any atom is -0.493 e. The molecule has 8 rings (SSSR count). The second-order valence-corrected chi connectivity index (χ2v) is 16.3. The number of benzene rings is 4. The molecular weight excluding hydrogens is 913 g/mol. The first-order valence-corrected chi connectivity index (χ1v) is 23.3. The molecule has 0 fully saturated rings. The first-order valence-electron chi connectivity index (χ1n) is 22.1. The monoisotopic (exact) mass is 968 g/mol. The van der Waals surface area contributed by atoms with E-state index in [-0.39, 0.29) is 11.9 Å². The Morgan fingerprint density at radius 2 is 1.10 bits per heavy atom. The second-order valence-electron chi connectivity index (χ2n) is 15.5. The molecule has 0 unspecified atom stereocenters. The Kier molecular flexibility index (Phi) is 18.3. The van der Waals surface area contributed by atoms with Gasteiger partial charge in [0.1, 0.15) is 11.5 Å². The summed E-state index contributed by atoms with van der Waals surface area (Å²) in [6, 6.07) is 38.2. The Balaban J connectivity index is 0.000000189. The van der Waals surface area contributed by atoms with Crippen molar-refractivity contribution in [2.45, 2.75) is 58.9 Å². The summed E-state index contributed by atoms with van der Waals surface area (Å²) in [7, 11) is 2.75. The van der Waals surface area contributed by atoms with Gasteiger partial charge in [-0.15, -0.1) is 0 Å². The molecule has 0 aliphatic carbocycles. The minimum absolute atomic E-state index is 0.366. The Labute approximate surface area is 399 Å². The zero-order valence-corrected chi connectivity index (χ0v) is 39.9. The smallest absolute Gasteiger partial charge is 0.337 e. The van der Waals surface area contributed by atoms with Crippen LogP contribution in [0.4, 0.5) is 11.9 Å². The summed E-state index contributed by atoms with van der Waals surface area (Å²) >= 11 is 3.43. The molecule has 348 valence electrons. The van der Waals surface area contributed by atoms with Crippen LogP contribution >= 0.6 is 15.9 Å². The molecule has 0 atom stereocenters. The summed E-state index contributed by atoms with van der Waals surface area (Å²) in [5.74, 6) is 1.81. The average molecular weight is 970 g/mol. The molecule has 0 bridgehead atoms. The number of methoxy groups -OCH3 is 2. The number of carbonyl (C=O) groups is 2. The number of nitrogens with zero attached hydrogens (tertiary/aromatic N) is 5. The highest BCUT2D eigenvalue weighted by Crippen LogP contribution is 2.31. The number of rotatable bonds is 17. The van der Waals surface area contributed by atoms with Gasteiger partial charge in [0, 0.05) is 34.4 Å². The van der Waals surface area contributed by atoms with Gasteiger partial charge in [0.05, 0.1) is 72.0 Å². The van der Waals surface area contributed by atoms with Crippen molar-refractivity contribution in [2.75, 3.05) is 44.2 Å². The van der Waals surface area contributed by atoms with E-state index in [0.717, 1.165) is 106 Å². The van der Waals surface area contributed by atoms with Crippen molar-refractivity contribution in [2.24, 2.45) is 0 Å². The van der Waals surface area contributed by atoms with Crippen LogP contribution in [0, 0.1) is 13.8 Å². The van der Waals surface area contributed by atoms with Gasteiger partial charge < -0.3 is 40.0 Å². The topological polar surface area (TPSA) is 195 Å². The Hall–Kier alpha value is -7.26. The molecule has 4 aromatic carbocycles. The van der Waals surface area contributed by atoms with E-state index < -0.39 is 0 Å². The first-order chi connectivity index (χ1) is 32.6. The lowest BCUT2D eigenvalue weighted by Crippen LogP contribution is -2.05. The maximum absolute atomic E-state index is 12.0. The van der Waals surface area contributed by atoms with Gasteiger partial charge in [-0.05, 0) is 125 Å². The number of anilines is 2. The summed E-state index contributed by atoms with van der Waals surface area (Å²) in [5.41, 5.74) is 21.0. The number of halogens is 1. The molecule has 0 saturated heterocycles. The average Bonchev–Trinajstić information content (AvgIpc) is 3.89. The van der Waals surface area contributed by atoms with Crippen molar-refractivity contribution >= 4 is 61.8 Å². The standard InChI is InChI=1S/C26H28N4O3.C19H22BrNO3.C7H7N3/c1-18-16-19(25(31)32-2)17-22(28-18)20-10-4-7-13-24(20)33-15-9-3-8-14-30-23-12-6-5-11-21(23)29-26(30)27;1-14-12-15(19(22)23-2)13-17(21-14)16-8-4-5-9-18(16)24-11-7-3-6-10-20;8-7-9-5-3-1-2-4-6(5)10-7/h4-7,10-13,16-17H,3,8-9,14-15H2,1-2H3,(H2,27,29);4-5,8-9,12-13H,3,6-7,10-11H2,1-2H3;1-4H,(H3,8,9,10). The van der Waals surface area contributed by atoms with Gasteiger partial charge in [-0.3, -0.25) is 9.97 Å². The number of hydrogen-bond acceptors (Lipinski definition) is 12. The van der Waals surface area contributed by atoms with E-state index >= 15 is 0 Å². The number of aromatic amines is 1. The molecule has 0 amide bonds. The molecule has 67 heavy (non-hydrogen) atoms. The maximum Gasteiger partial charge on any atom is 0.337 e. The molecule has 0 radical (unpaired) electrons. The summed E-state index contributed by atoms with van der Waals surface area (Å²) < 4.78 is 23.8. The highest BCUT2D eigenvalue weighted by atomic mass is 79.9. The number of pyridine rings is 2. The van der Waals surface area contributed by atoms with Crippen LogP contribution in [-0.4, -0.2) is 74.2 Å². The van der Waals surface area contributed by atoms with Gasteiger partial charge in [-0.2, -0.15) is 0 Å². The highest BCUT2D eigenvalue weighted by molar-refractivity contribution is 9.09. The van der Waals surface area contributed by atoms with E-state index in [1.54, 1.807) is 24.3 Å². The number of imidazole rings is 2. The lowest BCUT2D eigenvalue weighted by molar-refractivity contribution is 0.0591. The fourth-order valence-electron chi connectivity index (χ4n) is 7.28. The molecule has 8 aromatic rings. The molecule has 0 spiro atoms. The normalized spacial score (nSPS) is 10.7. The number of ether oxygens (including phenoxy) is 4. The third-order valence-corrected chi connectivity index (χ3v) is 11.0. The van der Waals surface area contributed by atoms with Gasteiger partial charge in [0.25, 0.3) is 0 Å². The van der Waals surface area contributed by atoms with Crippen molar-refractivity contribution in [3.8, 4) is 34.0 Å². The largest absolute Gasteiger partial charge is 0.493 e. The Bertz CT molecular complexity index is 2850. The number of para-hydroxylation sites is 6. The van der Waals surface area contributed by atoms with Crippen LogP contribution in [0.2, 0.25) is 0 Å². The lowest BCUT2D eigenvalue weighted by atomic mass is 10.1. The number of H-pyrrole nitrogens is 1. The minimum atomic E-state index is -0.383. The first kappa shape index (κ1) is 49.2. The molecule has 4 aromatic heterocycles. The number of aromatic nitrogens is 6. The van der Waals surface area contributed by atoms with Crippen molar-refractivity contribution in [3.63, 3.8) is 0 Å². The molecular formula is C52H57BrN8O6. The number of nitrogen functional groups attached to an aromatic ring is 2. The number of esters is 2. The molecule has 15 heteroatoms. The number of carbonyl (C=O) groups excluding carboxylic acids is 2. The van der Waals surface area contributed by atoms with Gasteiger partial charge in [0.2, 0.25) is 5.95 Å². The Morgan fingerprint density at radius 1 is 0.597 bits per heavy atom. The number of nitrogens with two attached hydrogens (primary N) is 2. The number of fused-ring (bicyclic) bond motifs is 2. The number of aryl methyl sites for hydroxylation is 3. The molecule has 0 aliphatic rings. The van der Waals surface area contributed by atoms with Gasteiger partial charge in [-0.25, -0.2) is 19.6 Å². The van der Waals surface area contributed by atoms with Gasteiger partial charge in [0.15, 0.2) is 5.95 Å². The number of alkyl halides is 1. The summed E-state index contributed by atoms with van der Waals surface area (Å²) in [4.78, 5) is 44.3. The lowest BCUT2D eigenvalue weighted by Gasteiger charge is -2.13. The quantitative estimate of drug-likeness (QED) is 0.0444. The zero-order chi connectivity index (χ0) is 47.5. The third kappa shape index (κ3) is 13.9. The predicted octanol–water partition coefficient (Wildman–Crippen LogP) is 11.0. The predicted molar refractivity (Wildman–Crippen MR) is 269 cm³/mol. The van der Waals surface area contributed by atoms with Gasteiger partial charge >= 0.3 is 11.9 Å². The Morgan fingerprint density at radius 3 is 1.66 bits per heavy atom. The summed E-state index contributed by atoms with van der Waals surface area (Å²) in [5, 5.41) is 1.02. The van der Waals surface area contributed by atoms with E-state index in [1.807, 2.05) is 111 Å². The molecule has 14 nitrogen and oxygen atoms in total. The van der Waals surface area contributed by atoms with Crippen LogP contribution in [0.3, 0.4) is 0 Å². The van der Waals surface area contributed by atoms with E-state index in [1.165, 1.54) is 14.2 Å². The number of hydrogen-bond donors (Lipinski definition) is 3. The van der Waals surface area contributed by atoms with Gasteiger partial charge in [-0.1, -0.05) is 64.5 Å².